The van der Waals surface area contributed by atoms with Crippen LogP contribution in [0, 0.1) is 0 Å². The van der Waals surface area contributed by atoms with Crippen molar-refractivity contribution in [3.05, 3.63) is 40.4 Å². The standard InChI is InChI=1S/C12H15Cl2NO/c1-3-15-7-10-6-11(14)4-5-12(10)16-8-9(2)13/h4-6,15H,2-3,7-8H2,1H3. The molecular weight excluding hydrogens is 245 g/mol. The molecule has 0 aliphatic carbocycles. The van der Waals surface area contributed by atoms with Gasteiger partial charge in [0, 0.05) is 22.2 Å². The van der Waals surface area contributed by atoms with E-state index in [0.29, 0.717) is 16.7 Å². The maximum atomic E-state index is 5.93. The molecule has 1 N–H and O–H groups in total. The molecule has 0 bridgehead atoms. The average molecular weight is 260 g/mol. The molecule has 0 spiro atoms. The van der Waals surface area contributed by atoms with Gasteiger partial charge in [-0.05, 0) is 24.7 Å². The van der Waals surface area contributed by atoms with Crippen molar-refractivity contribution in [2.75, 3.05) is 13.2 Å². The molecule has 0 unspecified atom stereocenters. The molecule has 1 aromatic rings. The minimum absolute atomic E-state index is 0.308. The highest BCUT2D eigenvalue weighted by molar-refractivity contribution is 6.30. The summed E-state index contributed by atoms with van der Waals surface area (Å²) in [6, 6.07) is 5.52. The lowest BCUT2D eigenvalue weighted by atomic mass is 10.2. The van der Waals surface area contributed by atoms with Gasteiger partial charge in [-0.15, -0.1) is 0 Å². The number of benzene rings is 1. The van der Waals surface area contributed by atoms with Crippen LogP contribution in [0.1, 0.15) is 12.5 Å². The van der Waals surface area contributed by atoms with Gasteiger partial charge in [-0.2, -0.15) is 0 Å². The van der Waals surface area contributed by atoms with Crippen LogP contribution >= 0.6 is 23.2 Å². The molecule has 88 valence electrons. The van der Waals surface area contributed by atoms with Crippen LogP contribution < -0.4 is 10.1 Å². The molecule has 0 aliphatic heterocycles. The van der Waals surface area contributed by atoms with E-state index in [-0.39, 0.29) is 0 Å². The first-order chi connectivity index (χ1) is 7.63. The quantitative estimate of drug-likeness (QED) is 0.844. The lowest BCUT2D eigenvalue weighted by molar-refractivity contribution is 0.354. The highest BCUT2D eigenvalue weighted by Crippen LogP contribution is 2.23. The average Bonchev–Trinajstić information content (AvgIpc) is 2.24. The van der Waals surface area contributed by atoms with E-state index in [1.807, 2.05) is 19.1 Å². The number of nitrogens with one attached hydrogen (secondary N) is 1. The van der Waals surface area contributed by atoms with E-state index < -0.39 is 0 Å². The Morgan fingerprint density at radius 3 is 2.88 bits per heavy atom. The molecule has 0 radical (unpaired) electrons. The van der Waals surface area contributed by atoms with Gasteiger partial charge in [0.1, 0.15) is 12.4 Å². The summed E-state index contributed by atoms with van der Waals surface area (Å²) in [5.74, 6) is 0.784. The summed E-state index contributed by atoms with van der Waals surface area (Å²) in [5, 5.41) is 4.40. The van der Waals surface area contributed by atoms with Crippen LogP contribution in [0.15, 0.2) is 29.8 Å². The van der Waals surface area contributed by atoms with E-state index in [4.69, 9.17) is 27.9 Å². The SMILES string of the molecule is C=C(Cl)COc1ccc(Cl)cc1CNCC. The van der Waals surface area contributed by atoms with Gasteiger partial charge >= 0.3 is 0 Å². The number of hydrogen-bond donors (Lipinski definition) is 1. The predicted molar refractivity (Wildman–Crippen MR) is 69.3 cm³/mol. The Labute approximate surface area is 106 Å². The number of rotatable bonds is 6. The van der Waals surface area contributed by atoms with E-state index in [0.717, 1.165) is 24.4 Å². The van der Waals surface area contributed by atoms with Crippen LogP contribution in [0.2, 0.25) is 5.02 Å². The molecule has 1 aromatic carbocycles. The fourth-order valence-electron chi connectivity index (χ4n) is 1.24. The molecule has 4 heteroatoms. The van der Waals surface area contributed by atoms with Crippen LogP contribution in [0.25, 0.3) is 0 Å². The monoisotopic (exact) mass is 259 g/mol. The molecule has 2 nitrogen and oxygen atoms in total. The molecular formula is C12H15Cl2NO. The Morgan fingerprint density at radius 1 is 1.50 bits per heavy atom. The minimum atomic E-state index is 0.308. The normalized spacial score (nSPS) is 10.2. The van der Waals surface area contributed by atoms with Gasteiger partial charge in [0.25, 0.3) is 0 Å². The van der Waals surface area contributed by atoms with Crippen molar-refractivity contribution in [3.63, 3.8) is 0 Å². The second-order valence-corrected chi connectivity index (χ2v) is 4.31. The van der Waals surface area contributed by atoms with Crippen molar-refractivity contribution in [3.8, 4) is 5.75 Å². The van der Waals surface area contributed by atoms with E-state index in [9.17, 15) is 0 Å². The maximum Gasteiger partial charge on any atom is 0.124 e. The lowest BCUT2D eigenvalue weighted by Crippen LogP contribution is -2.13. The molecule has 0 fully saturated rings. The van der Waals surface area contributed by atoms with Crippen molar-refractivity contribution in [2.24, 2.45) is 0 Å². The molecule has 0 heterocycles. The molecule has 0 amide bonds. The van der Waals surface area contributed by atoms with Gasteiger partial charge in [-0.25, -0.2) is 0 Å². The Hall–Kier alpha value is -0.700. The second kappa shape index (κ2) is 6.79. The van der Waals surface area contributed by atoms with Crippen LogP contribution in [0.5, 0.6) is 5.75 Å². The van der Waals surface area contributed by atoms with Crippen LogP contribution in [-0.4, -0.2) is 13.2 Å². The summed E-state index contributed by atoms with van der Waals surface area (Å²) in [4.78, 5) is 0. The maximum absolute atomic E-state index is 5.93. The molecule has 1 rings (SSSR count). The Morgan fingerprint density at radius 2 is 2.25 bits per heavy atom. The molecule has 0 saturated carbocycles. The predicted octanol–water partition coefficient (Wildman–Crippen LogP) is 3.58. The zero-order valence-electron chi connectivity index (χ0n) is 9.22. The smallest absolute Gasteiger partial charge is 0.124 e. The van der Waals surface area contributed by atoms with E-state index in [1.165, 1.54) is 0 Å². The second-order valence-electron chi connectivity index (χ2n) is 3.34. The highest BCUT2D eigenvalue weighted by Gasteiger charge is 2.04. The zero-order valence-corrected chi connectivity index (χ0v) is 10.7. The van der Waals surface area contributed by atoms with Gasteiger partial charge in [0.15, 0.2) is 0 Å². The van der Waals surface area contributed by atoms with Crippen molar-refractivity contribution in [1.82, 2.24) is 5.32 Å². The molecule has 0 atom stereocenters. The highest BCUT2D eigenvalue weighted by atomic mass is 35.5. The molecule has 0 saturated heterocycles. The summed E-state index contributed by atoms with van der Waals surface area (Å²) < 4.78 is 5.52. The first-order valence-corrected chi connectivity index (χ1v) is 5.84. The minimum Gasteiger partial charge on any atom is -0.488 e. The third kappa shape index (κ3) is 4.44. The van der Waals surface area contributed by atoms with E-state index >= 15 is 0 Å². The topological polar surface area (TPSA) is 21.3 Å². The summed E-state index contributed by atoms with van der Waals surface area (Å²) >= 11 is 11.6. The Balaban J connectivity index is 2.76. The largest absolute Gasteiger partial charge is 0.488 e. The van der Waals surface area contributed by atoms with Gasteiger partial charge in [-0.3, -0.25) is 0 Å². The Kier molecular flexibility index (Phi) is 5.67. The van der Waals surface area contributed by atoms with Crippen LogP contribution in [0.3, 0.4) is 0 Å². The third-order valence-corrected chi connectivity index (χ3v) is 2.32. The summed E-state index contributed by atoms with van der Waals surface area (Å²) in [6.07, 6.45) is 0. The van der Waals surface area contributed by atoms with Crippen molar-refractivity contribution >= 4 is 23.2 Å². The van der Waals surface area contributed by atoms with Gasteiger partial charge in [0.2, 0.25) is 0 Å². The molecule has 0 aromatic heterocycles. The summed E-state index contributed by atoms with van der Waals surface area (Å²) in [7, 11) is 0. The van der Waals surface area contributed by atoms with Crippen LogP contribution in [-0.2, 0) is 6.54 Å². The van der Waals surface area contributed by atoms with Crippen molar-refractivity contribution in [2.45, 2.75) is 13.5 Å². The van der Waals surface area contributed by atoms with Crippen molar-refractivity contribution in [1.29, 1.82) is 0 Å². The number of ether oxygens (including phenoxy) is 1. The third-order valence-electron chi connectivity index (χ3n) is 1.97. The molecule has 16 heavy (non-hydrogen) atoms. The van der Waals surface area contributed by atoms with Crippen molar-refractivity contribution < 1.29 is 4.74 Å². The van der Waals surface area contributed by atoms with Gasteiger partial charge < -0.3 is 10.1 Å². The number of hydrogen-bond acceptors (Lipinski definition) is 2. The van der Waals surface area contributed by atoms with Gasteiger partial charge in [0.05, 0.1) is 0 Å². The fourth-order valence-corrected chi connectivity index (χ4v) is 1.49. The van der Waals surface area contributed by atoms with E-state index in [2.05, 4.69) is 11.9 Å². The zero-order chi connectivity index (χ0) is 12.0. The summed E-state index contributed by atoms with van der Waals surface area (Å²) in [5.41, 5.74) is 1.02. The lowest BCUT2D eigenvalue weighted by Gasteiger charge is -2.11. The van der Waals surface area contributed by atoms with Gasteiger partial charge in [-0.1, -0.05) is 36.7 Å². The number of halogens is 2. The Bertz CT molecular complexity index is 366. The van der Waals surface area contributed by atoms with E-state index in [1.54, 1.807) is 6.07 Å². The fraction of sp³-hybridized carbons (Fsp3) is 0.333. The molecule has 0 aliphatic rings. The first kappa shape index (κ1) is 13.4. The summed E-state index contributed by atoms with van der Waals surface area (Å²) in [6.45, 7) is 7.55. The first-order valence-electron chi connectivity index (χ1n) is 5.08. The van der Waals surface area contributed by atoms with Crippen LogP contribution in [0.4, 0.5) is 0 Å².